The highest BCUT2D eigenvalue weighted by atomic mass is 16.1. The first-order chi connectivity index (χ1) is 12.3. The number of aromatic nitrogens is 2. The van der Waals surface area contributed by atoms with Crippen molar-refractivity contribution in [3.63, 3.8) is 0 Å². The van der Waals surface area contributed by atoms with Gasteiger partial charge < -0.3 is 0 Å². The monoisotopic (exact) mass is 354 g/mol. The quantitative estimate of drug-likeness (QED) is 0.835. The molecule has 5 heteroatoms. The van der Waals surface area contributed by atoms with Crippen LogP contribution in [0.3, 0.4) is 0 Å². The summed E-state index contributed by atoms with van der Waals surface area (Å²) in [7, 11) is 0. The summed E-state index contributed by atoms with van der Waals surface area (Å²) in [5, 5.41) is 0. The summed E-state index contributed by atoms with van der Waals surface area (Å²) in [4.78, 5) is 22.2. The normalized spacial score (nSPS) is 14.8. The third kappa shape index (κ3) is 3.40. The van der Waals surface area contributed by atoms with Crippen molar-refractivity contribution >= 4 is 11.6 Å². The largest absolute Gasteiger partial charge is 0.298 e. The Morgan fingerprint density at radius 1 is 1.08 bits per heavy atom. The summed E-state index contributed by atoms with van der Waals surface area (Å²) in [5.41, 5.74) is 5.23. The van der Waals surface area contributed by atoms with Gasteiger partial charge in [-0.3, -0.25) is 19.2 Å². The Labute approximate surface area is 156 Å². The number of anilines is 2. The van der Waals surface area contributed by atoms with E-state index in [1.165, 1.54) is 11.1 Å². The number of benzene rings is 1. The molecular weight excluding hydrogens is 324 g/mol. The Bertz CT molecular complexity index is 869. The van der Waals surface area contributed by atoms with Crippen LogP contribution in [0.25, 0.3) is 0 Å². The van der Waals surface area contributed by atoms with Crippen molar-refractivity contribution < 1.29 is 0 Å². The second-order valence-corrected chi connectivity index (χ2v) is 7.86. The van der Waals surface area contributed by atoms with Crippen molar-refractivity contribution in [1.82, 2.24) is 14.5 Å². The minimum Gasteiger partial charge on any atom is -0.298 e. The fourth-order valence-corrected chi connectivity index (χ4v) is 3.38. The average Bonchev–Trinajstić information content (AvgIpc) is 2.60. The van der Waals surface area contributed by atoms with E-state index in [9.17, 15) is 4.79 Å². The lowest BCUT2D eigenvalue weighted by Gasteiger charge is -2.39. The van der Waals surface area contributed by atoms with E-state index in [4.69, 9.17) is 4.98 Å². The lowest BCUT2D eigenvalue weighted by molar-refractivity contribution is 0.188. The van der Waals surface area contributed by atoms with Gasteiger partial charge in [-0.25, -0.2) is 4.98 Å². The Morgan fingerprint density at radius 2 is 1.81 bits per heavy atom. The molecule has 0 saturated carbocycles. The van der Waals surface area contributed by atoms with Gasteiger partial charge in [0.2, 0.25) is 5.95 Å². The van der Waals surface area contributed by atoms with E-state index < -0.39 is 0 Å². The fourth-order valence-electron chi connectivity index (χ4n) is 3.38. The molecule has 1 aromatic carbocycles. The van der Waals surface area contributed by atoms with Gasteiger partial charge in [-0.05, 0) is 57.2 Å². The average molecular weight is 354 g/mol. The van der Waals surface area contributed by atoms with E-state index in [1.54, 1.807) is 0 Å². The highest BCUT2D eigenvalue weighted by molar-refractivity contribution is 5.64. The van der Waals surface area contributed by atoms with Crippen molar-refractivity contribution in [2.45, 2.75) is 54.6 Å². The molecule has 1 aromatic heterocycles. The maximum atomic E-state index is 12.9. The molecule has 0 atom stereocenters. The Balaban J connectivity index is 2.11. The van der Waals surface area contributed by atoms with E-state index in [-0.39, 0.29) is 5.56 Å². The minimum absolute atomic E-state index is 0.0667. The number of hydrogen-bond acceptors (Lipinski definition) is 4. The zero-order valence-corrected chi connectivity index (χ0v) is 16.8. The van der Waals surface area contributed by atoms with Gasteiger partial charge in [0.1, 0.15) is 0 Å². The first-order valence-electron chi connectivity index (χ1n) is 9.43. The summed E-state index contributed by atoms with van der Waals surface area (Å²) in [5.74, 6) is 1.40. The maximum Gasteiger partial charge on any atom is 0.259 e. The zero-order chi connectivity index (χ0) is 19.0. The highest BCUT2D eigenvalue weighted by Gasteiger charge is 2.28. The van der Waals surface area contributed by atoms with Gasteiger partial charge in [0.05, 0.1) is 13.3 Å². The highest BCUT2D eigenvalue weighted by Crippen LogP contribution is 2.31. The molecule has 2 aromatic rings. The molecule has 0 spiro atoms. The van der Waals surface area contributed by atoms with Crippen molar-refractivity contribution in [1.29, 1.82) is 0 Å². The molecule has 140 valence electrons. The SMILES string of the molecule is Cc1cccc(N2CN(CCC(C)C)Cn3c2nc(C)c(C)c3=O)c1C. The molecule has 0 unspecified atom stereocenters. The van der Waals surface area contributed by atoms with Crippen molar-refractivity contribution in [2.75, 3.05) is 18.1 Å². The molecule has 1 aliphatic heterocycles. The van der Waals surface area contributed by atoms with E-state index in [1.807, 2.05) is 18.4 Å². The second kappa shape index (κ2) is 7.23. The van der Waals surface area contributed by atoms with E-state index in [2.05, 4.69) is 55.7 Å². The summed E-state index contributed by atoms with van der Waals surface area (Å²) < 4.78 is 1.83. The molecule has 0 aliphatic carbocycles. The number of rotatable bonds is 4. The van der Waals surface area contributed by atoms with Gasteiger partial charge in [-0.2, -0.15) is 0 Å². The molecule has 0 N–H and O–H groups in total. The topological polar surface area (TPSA) is 41.4 Å². The number of nitrogens with zero attached hydrogens (tertiary/aromatic N) is 4. The zero-order valence-electron chi connectivity index (χ0n) is 16.8. The molecule has 2 heterocycles. The van der Waals surface area contributed by atoms with Crippen molar-refractivity contribution in [3.8, 4) is 0 Å². The van der Waals surface area contributed by atoms with Gasteiger partial charge in [0.25, 0.3) is 5.56 Å². The summed E-state index contributed by atoms with van der Waals surface area (Å²) >= 11 is 0. The fraction of sp³-hybridized carbons (Fsp3) is 0.524. The Morgan fingerprint density at radius 3 is 2.50 bits per heavy atom. The number of fused-ring (bicyclic) bond motifs is 1. The second-order valence-electron chi connectivity index (χ2n) is 7.86. The minimum atomic E-state index is 0.0667. The van der Waals surface area contributed by atoms with E-state index in [0.717, 1.165) is 42.5 Å². The third-order valence-electron chi connectivity index (χ3n) is 5.43. The van der Waals surface area contributed by atoms with Crippen LogP contribution in [0.5, 0.6) is 0 Å². The lowest BCUT2D eigenvalue weighted by Crippen LogP contribution is -2.48. The predicted octanol–water partition coefficient (Wildman–Crippen LogP) is 3.89. The van der Waals surface area contributed by atoms with Crippen LogP contribution >= 0.6 is 0 Å². The molecule has 0 fully saturated rings. The Hall–Kier alpha value is -2.14. The molecular formula is C21H30N4O. The predicted molar refractivity (Wildman–Crippen MR) is 107 cm³/mol. The van der Waals surface area contributed by atoms with Crippen LogP contribution in [0.1, 0.15) is 42.7 Å². The summed E-state index contributed by atoms with van der Waals surface area (Å²) in [6.07, 6.45) is 1.11. The summed E-state index contributed by atoms with van der Waals surface area (Å²) in [6.45, 7) is 14.9. The molecule has 26 heavy (non-hydrogen) atoms. The molecule has 0 amide bonds. The molecule has 0 bridgehead atoms. The Kier molecular flexibility index (Phi) is 5.19. The van der Waals surface area contributed by atoms with Gasteiger partial charge in [0, 0.05) is 23.5 Å². The maximum absolute atomic E-state index is 12.9. The lowest BCUT2D eigenvalue weighted by atomic mass is 10.1. The van der Waals surface area contributed by atoms with Crippen LogP contribution in [-0.4, -0.2) is 27.7 Å². The number of aryl methyl sites for hydroxylation is 2. The number of hydrogen-bond donors (Lipinski definition) is 0. The molecule has 0 radical (unpaired) electrons. The first kappa shape index (κ1) is 18.6. The standard InChI is InChI=1S/C21H30N4O/c1-14(2)10-11-23-12-24(19-9-7-8-15(3)16(19)4)21-22-18(6)17(5)20(26)25(21)13-23/h7-9,14H,10-13H2,1-6H3. The molecule has 3 rings (SSSR count). The molecule has 1 aliphatic rings. The molecule has 5 nitrogen and oxygen atoms in total. The molecule has 0 saturated heterocycles. The van der Waals surface area contributed by atoms with Crippen LogP contribution in [0.15, 0.2) is 23.0 Å². The van der Waals surface area contributed by atoms with Crippen molar-refractivity contribution in [2.24, 2.45) is 5.92 Å². The van der Waals surface area contributed by atoms with Gasteiger partial charge >= 0.3 is 0 Å². The smallest absolute Gasteiger partial charge is 0.259 e. The van der Waals surface area contributed by atoms with Crippen LogP contribution < -0.4 is 10.5 Å². The third-order valence-corrected chi connectivity index (χ3v) is 5.43. The van der Waals surface area contributed by atoms with Crippen LogP contribution in [-0.2, 0) is 6.67 Å². The van der Waals surface area contributed by atoms with Crippen LogP contribution in [0, 0.1) is 33.6 Å². The van der Waals surface area contributed by atoms with E-state index in [0.29, 0.717) is 12.6 Å². The van der Waals surface area contributed by atoms with Crippen LogP contribution in [0.2, 0.25) is 0 Å². The van der Waals surface area contributed by atoms with E-state index >= 15 is 0 Å². The first-order valence-corrected chi connectivity index (χ1v) is 9.43. The van der Waals surface area contributed by atoms with Crippen LogP contribution in [0.4, 0.5) is 11.6 Å². The van der Waals surface area contributed by atoms with Gasteiger partial charge in [-0.15, -0.1) is 0 Å². The van der Waals surface area contributed by atoms with Gasteiger partial charge in [0.15, 0.2) is 0 Å². The van der Waals surface area contributed by atoms with Gasteiger partial charge in [-0.1, -0.05) is 26.0 Å². The summed E-state index contributed by atoms with van der Waals surface area (Å²) in [6, 6.07) is 6.33. The van der Waals surface area contributed by atoms with Crippen molar-refractivity contribution in [3.05, 3.63) is 50.9 Å².